The second-order valence-electron chi connectivity index (χ2n) is 4.57. The van der Waals surface area contributed by atoms with Crippen molar-refractivity contribution in [2.45, 2.75) is 12.3 Å². The van der Waals surface area contributed by atoms with Crippen LogP contribution in [-0.4, -0.2) is 31.5 Å². The number of anilines is 1. The fourth-order valence-corrected chi connectivity index (χ4v) is 2.38. The van der Waals surface area contributed by atoms with E-state index in [2.05, 4.69) is 0 Å². The number of carbonyl (C=O) groups excluding carboxylic acids is 1. The standard InChI is InChI=1S/C12H14N2O4/c1-12(7-14(16)17)9-6-8(18-3)4-5-10(9)13(2)11(12)15/h4-6H,7H2,1-3H3/t12-/m1/s1. The number of nitrogens with zero attached hydrogens (tertiary/aromatic N) is 2. The Morgan fingerprint density at radius 3 is 2.72 bits per heavy atom. The highest BCUT2D eigenvalue weighted by Gasteiger charge is 2.50. The van der Waals surface area contributed by atoms with Crippen molar-refractivity contribution in [2.75, 3.05) is 25.6 Å². The minimum atomic E-state index is -1.12. The van der Waals surface area contributed by atoms with E-state index in [9.17, 15) is 14.9 Å². The monoisotopic (exact) mass is 250 g/mol. The molecule has 96 valence electrons. The third kappa shape index (κ3) is 1.61. The summed E-state index contributed by atoms with van der Waals surface area (Å²) in [6.45, 7) is 1.18. The fourth-order valence-electron chi connectivity index (χ4n) is 2.38. The van der Waals surface area contributed by atoms with Crippen molar-refractivity contribution in [2.24, 2.45) is 0 Å². The molecule has 1 aliphatic rings. The zero-order valence-electron chi connectivity index (χ0n) is 10.5. The number of hydrogen-bond donors (Lipinski definition) is 0. The molecular weight excluding hydrogens is 236 g/mol. The number of methoxy groups -OCH3 is 1. The Bertz CT molecular complexity index is 529. The Kier molecular flexibility index (Phi) is 2.73. The predicted molar refractivity (Wildman–Crippen MR) is 65.6 cm³/mol. The van der Waals surface area contributed by atoms with E-state index in [1.54, 1.807) is 32.2 Å². The van der Waals surface area contributed by atoms with Crippen LogP contribution in [-0.2, 0) is 10.2 Å². The number of carbonyl (C=O) groups is 1. The minimum absolute atomic E-state index is 0.262. The molecule has 1 atom stereocenters. The van der Waals surface area contributed by atoms with Crippen LogP contribution in [0.25, 0.3) is 0 Å². The van der Waals surface area contributed by atoms with E-state index in [0.717, 1.165) is 0 Å². The second-order valence-corrected chi connectivity index (χ2v) is 4.57. The van der Waals surface area contributed by atoms with E-state index >= 15 is 0 Å². The summed E-state index contributed by atoms with van der Waals surface area (Å²) >= 11 is 0. The van der Waals surface area contributed by atoms with Crippen molar-refractivity contribution in [3.05, 3.63) is 33.9 Å². The Hall–Kier alpha value is -2.11. The van der Waals surface area contributed by atoms with E-state index in [-0.39, 0.29) is 5.91 Å². The molecule has 0 radical (unpaired) electrons. The van der Waals surface area contributed by atoms with Crippen LogP contribution < -0.4 is 9.64 Å². The lowest BCUT2D eigenvalue weighted by Crippen LogP contribution is -2.41. The topological polar surface area (TPSA) is 72.7 Å². The van der Waals surface area contributed by atoms with Gasteiger partial charge in [0.1, 0.15) is 11.2 Å². The molecule has 0 bridgehead atoms. The highest BCUT2D eigenvalue weighted by molar-refractivity contribution is 6.07. The first-order valence-corrected chi connectivity index (χ1v) is 5.48. The number of fused-ring (bicyclic) bond motifs is 1. The van der Waals surface area contributed by atoms with Gasteiger partial charge in [-0.1, -0.05) is 0 Å². The summed E-state index contributed by atoms with van der Waals surface area (Å²) in [5.41, 5.74) is 0.221. The lowest BCUT2D eigenvalue weighted by Gasteiger charge is -2.18. The molecule has 1 heterocycles. The van der Waals surface area contributed by atoms with Crippen LogP contribution in [0.1, 0.15) is 12.5 Å². The molecule has 2 rings (SSSR count). The van der Waals surface area contributed by atoms with E-state index in [1.165, 1.54) is 12.0 Å². The molecular formula is C12H14N2O4. The molecule has 0 aromatic heterocycles. The van der Waals surface area contributed by atoms with E-state index in [0.29, 0.717) is 17.0 Å². The number of hydrogen-bond acceptors (Lipinski definition) is 4. The molecule has 0 fully saturated rings. The van der Waals surface area contributed by atoms with Gasteiger partial charge in [-0.3, -0.25) is 14.9 Å². The SMILES string of the molecule is COc1ccc2c(c1)[C@@](C)(C[N+](=O)[O-])C(=O)N2C. The average Bonchev–Trinajstić information content (AvgIpc) is 2.51. The maximum atomic E-state index is 12.2. The van der Waals surface area contributed by atoms with Crippen LogP contribution in [0.5, 0.6) is 5.75 Å². The third-order valence-electron chi connectivity index (χ3n) is 3.38. The molecule has 0 N–H and O–H groups in total. The summed E-state index contributed by atoms with van der Waals surface area (Å²) in [6.07, 6.45) is 0. The molecule has 0 aliphatic carbocycles. The number of rotatable bonds is 3. The summed E-state index contributed by atoms with van der Waals surface area (Å²) in [6, 6.07) is 5.18. The summed E-state index contributed by atoms with van der Waals surface area (Å²) < 4.78 is 5.11. The van der Waals surface area contributed by atoms with Gasteiger partial charge in [-0.2, -0.15) is 0 Å². The summed E-state index contributed by atoms with van der Waals surface area (Å²) in [7, 11) is 3.14. The van der Waals surface area contributed by atoms with Crippen molar-refractivity contribution in [3.63, 3.8) is 0 Å². The van der Waals surface area contributed by atoms with Crippen molar-refractivity contribution >= 4 is 11.6 Å². The minimum Gasteiger partial charge on any atom is -0.497 e. The molecule has 1 aromatic carbocycles. The van der Waals surface area contributed by atoms with Gasteiger partial charge < -0.3 is 9.64 Å². The zero-order chi connectivity index (χ0) is 13.5. The van der Waals surface area contributed by atoms with Gasteiger partial charge in [-0.25, -0.2) is 0 Å². The largest absolute Gasteiger partial charge is 0.497 e. The quantitative estimate of drug-likeness (QED) is 0.597. The third-order valence-corrected chi connectivity index (χ3v) is 3.38. The first-order chi connectivity index (χ1) is 8.40. The fraction of sp³-hybridized carbons (Fsp3) is 0.417. The first-order valence-electron chi connectivity index (χ1n) is 5.48. The van der Waals surface area contributed by atoms with Gasteiger partial charge in [0.2, 0.25) is 12.5 Å². The van der Waals surface area contributed by atoms with Crippen LogP contribution in [0.4, 0.5) is 5.69 Å². The normalized spacial score (nSPS) is 21.9. The van der Waals surface area contributed by atoms with Gasteiger partial charge in [0.05, 0.1) is 7.11 Å². The molecule has 1 aliphatic heterocycles. The van der Waals surface area contributed by atoms with Crippen LogP contribution in [0.15, 0.2) is 18.2 Å². The number of nitro groups is 1. The molecule has 1 amide bonds. The van der Waals surface area contributed by atoms with Crippen molar-refractivity contribution < 1.29 is 14.5 Å². The van der Waals surface area contributed by atoms with Crippen LogP contribution in [0, 0.1) is 10.1 Å². The molecule has 6 heteroatoms. The smallest absolute Gasteiger partial charge is 0.243 e. The van der Waals surface area contributed by atoms with Gasteiger partial charge in [0.15, 0.2) is 0 Å². The lowest BCUT2D eigenvalue weighted by atomic mass is 9.84. The van der Waals surface area contributed by atoms with Crippen molar-refractivity contribution in [1.29, 1.82) is 0 Å². The van der Waals surface area contributed by atoms with Gasteiger partial charge in [-0.15, -0.1) is 0 Å². The molecule has 1 aromatic rings. The highest BCUT2D eigenvalue weighted by atomic mass is 16.6. The van der Waals surface area contributed by atoms with Crippen molar-refractivity contribution in [1.82, 2.24) is 0 Å². The summed E-state index contributed by atoms with van der Waals surface area (Å²) in [4.78, 5) is 24.0. The predicted octanol–water partition coefficient (Wildman–Crippen LogP) is 1.21. The Morgan fingerprint density at radius 1 is 1.50 bits per heavy atom. The van der Waals surface area contributed by atoms with E-state index in [1.807, 2.05) is 0 Å². The van der Waals surface area contributed by atoms with Crippen LogP contribution >= 0.6 is 0 Å². The highest BCUT2D eigenvalue weighted by Crippen LogP contribution is 2.42. The Balaban J connectivity index is 2.58. The van der Waals surface area contributed by atoms with Gasteiger partial charge >= 0.3 is 0 Å². The molecule has 6 nitrogen and oxygen atoms in total. The molecule has 0 unspecified atom stereocenters. The molecule has 0 saturated carbocycles. The van der Waals surface area contributed by atoms with E-state index < -0.39 is 16.9 Å². The average molecular weight is 250 g/mol. The van der Waals surface area contributed by atoms with Gasteiger partial charge in [-0.05, 0) is 25.1 Å². The maximum absolute atomic E-state index is 12.2. The Labute approximate surface area is 104 Å². The summed E-state index contributed by atoms with van der Waals surface area (Å²) in [5.74, 6) is 0.328. The summed E-state index contributed by atoms with van der Waals surface area (Å²) in [5, 5.41) is 10.8. The van der Waals surface area contributed by atoms with Crippen molar-refractivity contribution in [3.8, 4) is 5.75 Å². The Morgan fingerprint density at radius 2 is 2.17 bits per heavy atom. The lowest BCUT2D eigenvalue weighted by molar-refractivity contribution is -0.487. The van der Waals surface area contributed by atoms with Crippen LogP contribution in [0.2, 0.25) is 0 Å². The zero-order valence-corrected chi connectivity index (χ0v) is 10.5. The van der Waals surface area contributed by atoms with Gasteiger partial charge in [0.25, 0.3) is 0 Å². The molecule has 0 saturated heterocycles. The first kappa shape index (κ1) is 12.3. The maximum Gasteiger partial charge on any atom is 0.243 e. The number of ether oxygens (including phenoxy) is 1. The molecule has 18 heavy (non-hydrogen) atoms. The molecule has 0 spiro atoms. The second kappa shape index (κ2) is 3.97. The number of amides is 1. The van der Waals surface area contributed by atoms with Crippen LogP contribution in [0.3, 0.4) is 0 Å². The number of likely N-dealkylation sites (N-methyl/N-ethyl adjacent to an activating group) is 1. The number of benzene rings is 1. The van der Waals surface area contributed by atoms with Gasteiger partial charge in [0, 0.05) is 23.2 Å². The van der Waals surface area contributed by atoms with E-state index in [4.69, 9.17) is 4.74 Å².